The Labute approximate surface area is 216 Å². The van der Waals surface area contributed by atoms with Crippen molar-refractivity contribution in [1.29, 1.82) is 0 Å². The number of phenolic OH excluding ortho intramolecular Hbond substituents is 1. The Morgan fingerprint density at radius 1 is 0.789 bits per heavy atom. The third-order valence-electron chi connectivity index (χ3n) is 6.20. The number of hydrogen-bond acceptors (Lipinski definition) is 4. The molecular formula is C28H21F3N4O3. The van der Waals surface area contributed by atoms with Gasteiger partial charge in [-0.1, -0.05) is 18.2 Å². The van der Waals surface area contributed by atoms with Crippen molar-refractivity contribution in [3.63, 3.8) is 0 Å². The highest BCUT2D eigenvalue weighted by atomic mass is 19.4. The highest BCUT2D eigenvalue weighted by Crippen LogP contribution is 2.44. The number of carbonyl (C=O) groups excluding carboxylic acids is 2. The second-order valence-electron chi connectivity index (χ2n) is 8.45. The summed E-state index contributed by atoms with van der Waals surface area (Å²) in [6.07, 6.45) is -1.54. The number of pyridine rings is 1. The van der Waals surface area contributed by atoms with E-state index in [1.54, 1.807) is 67.8 Å². The number of urea groups is 2. The number of fused-ring (bicyclic) bond motifs is 1. The number of phenols is 1. The fourth-order valence-electron chi connectivity index (χ4n) is 4.40. The standard InChI is InChI=1S/C28H21F3N4O3/c1-2-33-23-11-8-19(28(29,30)31)16-24(23)34(20-6-4-3-5-7-20)27(38)35(26(33)37)21-9-10-22(25(36)17-21)18-12-14-32-15-13-18/h3-17,36H,2H2,1H3. The summed E-state index contributed by atoms with van der Waals surface area (Å²) in [6.45, 7) is 1.73. The van der Waals surface area contributed by atoms with Gasteiger partial charge in [-0.05, 0) is 67.1 Å². The molecular weight excluding hydrogens is 497 g/mol. The van der Waals surface area contributed by atoms with E-state index in [4.69, 9.17) is 0 Å². The summed E-state index contributed by atoms with van der Waals surface area (Å²) in [4.78, 5) is 34.9. The monoisotopic (exact) mass is 518 g/mol. The maximum Gasteiger partial charge on any atom is 0.416 e. The molecule has 10 heteroatoms. The molecule has 2 heterocycles. The van der Waals surface area contributed by atoms with Crippen LogP contribution in [0, 0.1) is 0 Å². The van der Waals surface area contributed by atoms with Crippen molar-refractivity contribution in [3.8, 4) is 16.9 Å². The van der Waals surface area contributed by atoms with Gasteiger partial charge in [-0.3, -0.25) is 14.8 Å². The van der Waals surface area contributed by atoms with E-state index in [-0.39, 0.29) is 35.0 Å². The van der Waals surface area contributed by atoms with Crippen molar-refractivity contribution in [3.05, 3.63) is 96.8 Å². The molecule has 0 spiro atoms. The third-order valence-corrected chi connectivity index (χ3v) is 6.20. The van der Waals surface area contributed by atoms with E-state index in [1.165, 1.54) is 23.1 Å². The Hall–Kier alpha value is -4.86. The van der Waals surface area contributed by atoms with Crippen molar-refractivity contribution in [2.45, 2.75) is 13.1 Å². The first-order valence-corrected chi connectivity index (χ1v) is 11.7. The molecule has 0 saturated carbocycles. The van der Waals surface area contributed by atoms with Gasteiger partial charge in [-0.15, -0.1) is 0 Å². The number of imide groups is 1. The summed E-state index contributed by atoms with van der Waals surface area (Å²) >= 11 is 0. The van der Waals surface area contributed by atoms with Crippen LogP contribution in [0.3, 0.4) is 0 Å². The molecule has 3 aromatic carbocycles. The Morgan fingerprint density at radius 2 is 1.50 bits per heavy atom. The van der Waals surface area contributed by atoms with E-state index >= 15 is 0 Å². The molecule has 1 aromatic heterocycles. The average molecular weight is 518 g/mol. The largest absolute Gasteiger partial charge is 0.507 e. The number of para-hydroxylation sites is 1. The van der Waals surface area contributed by atoms with Gasteiger partial charge in [0, 0.05) is 30.6 Å². The van der Waals surface area contributed by atoms with Gasteiger partial charge in [0.05, 0.1) is 28.3 Å². The quantitative estimate of drug-likeness (QED) is 0.310. The SMILES string of the molecule is CCN1C(=O)N(c2ccc(-c3ccncc3)c(O)c2)C(=O)N(c2ccccc2)c2cc(C(F)(F)F)ccc21. The maximum absolute atomic E-state index is 14.0. The molecule has 1 N–H and O–H groups in total. The number of carbonyl (C=O) groups is 2. The molecule has 1 aliphatic rings. The first-order chi connectivity index (χ1) is 18.2. The molecule has 0 saturated heterocycles. The number of rotatable bonds is 4. The number of benzene rings is 3. The molecule has 7 nitrogen and oxygen atoms in total. The van der Waals surface area contributed by atoms with Crippen LogP contribution in [0.4, 0.5) is 45.5 Å². The lowest BCUT2D eigenvalue weighted by molar-refractivity contribution is -0.137. The minimum Gasteiger partial charge on any atom is -0.507 e. The number of aromatic nitrogens is 1. The Morgan fingerprint density at radius 3 is 2.13 bits per heavy atom. The lowest BCUT2D eigenvalue weighted by Gasteiger charge is -2.27. The van der Waals surface area contributed by atoms with E-state index < -0.39 is 23.8 Å². The van der Waals surface area contributed by atoms with Gasteiger partial charge in [0.15, 0.2) is 0 Å². The predicted molar refractivity (Wildman–Crippen MR) is 138 cm³/mol. The number of halogens is 3. The Kier molecular flexibility index (Phi) is 6.23. The number of nitrogens with zero attached hydrogens (tertiary/aromatic N) is 4. The van der Waals surface area contributed by atoms with Gasteiger partial charge in [0.2, 0.25) is 0 Å². The van der Waals surface area contributed by atoms with E-state index in [1.807, 2.05) is 0 Å². The summed E-state index contributed by atoms with van der Waals surface area (Å²) in [6, 6.07) is 17.1. The van der Waals surface area contributed by atoms with Crippen LogP contribution >= 0.6 is 0 Å². The topological polar surface area (TPSA) is 77.0 Å². The molecule has 4 amide bonds. The normalized spacial score (nSPS) is 13.9. The Balaban J connectivity index is 1.70. The number of amides is 4. The third kappa shape index (κ3) is 4.30. The molecule has 38 heavy (non-hydrogen) atoms. The molecule has 0 unspecified atom stereocenters. The molecule has 0 bridgehead atoms. The lowest BCUT2D eigenvalue weighted by atomic mass is 10.1. The van der Waals surface area contributed by atoms with Gasteiger partial charge < -0.3 is 5.11 Å². The highest BCUT2D eigenvalue weighted by Gasteiger charge is 2.41. The fraction of sp³-hybridized carbons (Fsp3) is 0.107. The molecule has 0 atom stereocenters. The predicted octanol–water partition coefficient (Wildman–Crippen LogP) is 7.20. The van der Waals surface area contributed by atoms with Crippen molar-refractivity contribution >= 4 is 34.8 Å². The van der Waals surface area contributed by atoms with Crippen LogP contribution < -0.4 is 14.7 Å². The van der Waals surface area contributed by atoms with Crippen LogP contribution in [0.5, 0.6) is 5.75 Å². The molecule has 0 fully saturated rings. The molecule has 4 aromatic rings. The van der Waals surface area contributed by atoms with Crippen molar-refractivity contribution in [2.75, 3.05) is 21.2 Å². The van der Waals surface area contributed by atoms with Crippen LogP contribution in [-0.2, 0) is 6.18 Å². The zero-order chi connectivity index (χ0) is 27.0. The first-order valence-electron chi connectivity index (χ1n) is 11.7. The van der Waals surface area contributed by atoms with Gasteiger partial charge in [0.1, 0.15) is 5.75 Å². The Bertz CT molecular complexity index is 1510. The number of hydrogen-bond donors (Lipinski definition) is 1. The zero-order valence-corrected chi connectivity index (χ0v) is 20.1. The average Bonchev–Trinajstić information content (AvgIpc) is 2.99. The summed E-state index contributed by atoms with van der Waals surface area (Å²) in [5, 5.41) is 10.8. The summed E-state index contributed by atoms with van der Waals surface area (Å²) in [5.74, 6) is -0.190. The molecule has 0 radical (unpaired) electrons. The van der Waals surface area contributed by atoms with E-state index in [0.29, 0.717) is 11.1 Å². The van der Waals surface area contributed by atoms with E-state index in [0.717, 1.165) is 21.9 Å². The van der Waals surface area contributed by atoms with Crippen molar-refractivity contribution in [2.24, 2.45) is 0 Å². The molecule has 0 aliphatic carbocycles. The van der Waals surface area contributed by atoms with Crippen LogP contribution in [0.25, 0.3) is 11.1 Å². The van der Waals surface area contributed by atoms with Gasteiger partial charge in [0.25, 0.3) is 0 Å². The minimum atomic E-state index is -4.66. The first kappa shape index (κ1) is 24.8. The van der Waals surface area contributed by atoms with Crippen LogP contribution in [0.1, 0.15) is 12.5 Å². The lowest BCUT2D eigenvalue weighted by Crippen LogP contribution is -2.48. The van der Waals surface area contributed by atoms with Crippen LogP contribution in [-0.4, -0.2) is 28.7 Å². The second kappa shape index (κ2) is 9.55. The van der Waals surface area contributed by atoms with Crippen LogP contribution in [0.15, 0.2) is 91.3 Å². The van der Waals surface area contributed by atoms with Gasteiger partial charge in [-0.25, -0.2) is 14.5 Å². The zero-order valence-electron chi connectivity index (χ0n) is 20.1. The van der Waals surface area contributed by atoms with Crippen molar-refractivity contribution < 1.29 is 27.9 Å². The van der Waals surface area contributed by atoms with Gasteiger partial charge >= 0.3 is 18.2 Å². The molecule has 1 aliphatic heterocycles. The van der Waals surface area contributed by atoms with E-state index in [9.17, 15) is 27.9 Å². The van der Waals surface area contributed by atoms with Gasteiger partial charge in [-0.2, -0.15) is 13.2 Å². The number of aromatic hydroxyl groups is 1. The molecule has 5 rings (SSSR count). The summed E-state index contributed by atoms with van der Waals surface area (Å²) in [5.41, 5.74) is 0.544. The maximum atomic E-state index is 14.0. The molecule has 192 valence electrons. The van der Waals surface area contributed by atoms with Crippen molar-refractivity contribution in [1.82, 2.24) is 4.98 Å². The summed E-state index contributed by atoms with van der Waals surface area (Å²) < 4.78 is 41.0. The second-order valence-corrected chi connectivity index (χ2v) is 8.45. The van der Waals surface area contributed by atoms with Crippen LogP contribution in [0.2, 0.25) is 0 Å². The van der Waals surface area contributed by atoms with E-state index in [2.05, 4.69) is 4.98 Å². The number of alkyl halides is 3. The highest BCUT2D eigenvalue weighted by molar-refractivity contribution is 6.28. The smallest absolute Gasteiger partial charge is 0.416 e. The minimum absolute atomic E-state index is 0.0542. The summed E-state index contributed by atoms with van der Waals surface area (Å²) in [7, 11) is 0. The fourth-order valence-corrected chi connectivity index (χ4v) is 4.40. The number of anilines is 4.